The summed E-state index contributed by atoms with van der Waals surface area (Å²) in [5.41, 5.74) is 0.911. The summed E-state index contributed by atoms with van der Waals surface area (Å²) in [5.74, 6) is 0. The van der Waals surface area contributed by atoms with Gasteiger partial charge in [-0.25, -0.2) is 9.71 Å². The summed E-state index contributed by atoms with van der Waals surface area (Å²) in [7, 11) is -2.05. The van der Waals surface area contributed by atoms with E-state index in [0.717, 1.165) is 28.2 Å². The Kier molecular flexibility index (Phi) is 6.14. The molecule has 1 aromatic heterocycles. The summed E-state index contributed by atoms with van der Waals surface area (Å²) in [5, 5.41) is 11.5. The Morgan fingerprint density at radius 1 is 1.50 bits per heavy atom. The van der Waals surface area contributed by atoms with E-state index in [4.69, 9.17) is 5.26 Å². The normalized spacial score (nSPS) is 15.4. The van der Waals surface area contributed by atoms with Crippen LogP contribution in [-0.2, 0) is 16.6 Å². The Hall–Kier alpha value is -1.21. The van der Waals surface area contributed by atoms with Gasteiger partial charge in [-0.3, -0.25) is 0 Å². The third-order valence-electron chi connectivity index (χ3n) is 3.53. The fourth-order valence-corrected chi connectivity index (χ4v) is 4.04. The topological polar surface area (TPSA) is 89.3 Å². The highest BCUT2D eigenvalue weighted by Gasteiger charge is 2.18. The summed E-state index contributed by atoms with van der Waals surface area (Å²) in [4.78, 5) is 6.83. The molecule has 0 amide bonds. The van der Waals surface area contributed by atoms with Crippen molar-refractivity contribution in [3.8, 4) is 6.07 Å². The Bertz CT molecular complexity index is 617. The first-order valence-electron chi connectivity index (χ1n) is 7.30. The van der Waals surface area contributed by atoms with Crippen LogP contribution in [0.3, 0.4) is 0 Å². The van der Waals surface area contributed by atoms with Gasteiger partial charge in [0.2, 0.25) is 0 Å². The van der Waals surface area contributed by atoms with E-state index in [1.165, 1.54) is 19.9 Å². The van der Waals surface area contributed by atoms with E-state index in [1.807, 2.05) is 11.4 Å². The maximum absolute atomic E-state index is 11.9. The van der Waals surface area contributed by atoms with Crippen molar-refractivity contribution in [2.45, 2.75) is 25.7 Å². The minimum atomic E-state index is -3.51. The molecule has 0 bridgehead atoms. The molecule has 1 aliphatic heterocycles. The second-order valence-electron chi connectivity index (χ2n) is 5.19. The van der Waals surface area contributed by atoms with E-state index in [9.17, 15) is 8.42 Å². The molecule has 0 saturated carbocycles. The number of nitrogens with one attached hydrogen (secondary N) is 1. The Labute approximate surface area is 135 Å². The maximum atomic E-state index is 11.9. The maximum Gasteiger partial charge on any atom is 0.279 e. The first-order chi connectivity index (χ1) is 10.5. The van der Waals surface area contributed by atoms with Crippen molar-refractivity contribution >= 4 is 26.7 Å². The van der Waals surface area contributed by atoms with Crippen LogP contribution in [-0.4, -0.2) is 50.9 Å². The molecule has 22 heavy (non-hydrogen) atoms. The summed E-state index contributed by atoms with van der Waals surface area (Å²) in [6, 6.07) is 1.93. The molecular weight excluding hydrogens is 322 g/mol. The van der Waals surface area contributed by atoms with Gasteiger partial charge in [0.05, 0.1) is 11.8 Å². The molecule has 0 aliphatic carbocycles. The van der Waals surface area contributed by atoms with Gasteiger partial charge in [-0.1, -0.05) is 0 Å². The largest absolute Gasteiger partial charge is 0.348 e. The van der Waals surface area contributed by atoms with Gasteiger partial charge in [-0.15, -0.1) is 11.3 Å². The van der Waals surface area contributed by atoms with Gasteiger partial charge in [0.1, 0.15) is 0 Å². The molecule has 0 radical (unpaired) electrons. The summed E-state index contributed by atoms with van der Waals surface area (Å²) in [6.45, 7) is 2.62. The van der Waals surface area contributed by atoms with Crippen molar-refractivity contribution in [3.05, 3.63) is 11.1 Å². The molecule has 1 fully saturated rings. The zero-order chi connectivity index (χ0) is 16.0. The highest BCUT2D eigenvalue weighted by atomic mass is 32.2. The highest BCUT2D eigenvalue weighted by molar-refractivity contribution is 7.87. The second-order valence-corrected chi connectivity index (χ2v) is 7.89. The van der Waals surface area contributed by atoms with Crippen LogP contribution in [0.15, 0.2) is 5.38 Å². The zero-order valence-corrected chi connectivity index (χ0v) is 14.3. The molecule has 0 spiro atoms. The number of aromatic nitrogens is 1. The number of hydrogen-bond donors (Lipinski definition) is 1. The standard InChI is InChI=1S/C13H21N5O2S2/c1-17(8-4-6-14)22(19,20)15-7-5-12-11-21-13(16-12)18-9-2-3-10-18/h11,15H,2-5,7-10H2,1H3. The molecule has 1 aliphatic rings. The van der Waals surface area contributed by atoms with E-state index in [2.05, 4.69) is 14.6 Å². The van der Waals surface area contributed by atoms with Gasteiger partial charge in [0, 0.05) is 51.4 Å². The van der Waals surface area contributed by atoms with Crippen LogP contribution >= 0.6 is 11.3 Å². The quantitative estimate of drug-likeness (QED) is 0.759. The van der Waals surface area contributed by atoms with Crippen molar-refractivity contribution < 1.29 is 8.42 Å². The lowest BCUT2D eigenvalue weighted by Gasteiger charge is -2.16. The van der Waals surface area contributed by atoms with Crippen molar-refractivity contribution in [1.29, 1.82) is 5.26 Å². The highest BCUT2D eigenvalue weighted by Crippen LogP contribution is 2.24. The molecule has 0 aromatic carbocycles. The molecule has 2 heterocycles. The number of hydrogen-bond acceptors (Lipinski definition) is 6. The van der Waals surface area contributed by atoms with Gasteiger partial charge in [-0.2, -0.15) is 18.0 Å². The van der Waals surface area contributed by atoms with Crippen LogP contribution < -0.4 is 9.62 Å². The van der Waals surface area contributed by atoms with E-state index in [0.29, 0.717) is 13.0 Å². The van der Waals surface area contributed by atoms with Gasteiger partial charge in [0.15, 0.2) is 5.13 Å². The molecule has 2 rings (SSSR count). The van der Waals surface area contributed by atoms with Crippen molar-refractivity contribution in [3.63, 3.8) is 0 Å². The molecule has 1 aromatic rings. The van der Waals surface area contributed by atoms with Gasteiger partial charge >= 0.3 is 0 Å². The Morgan fingerprint density at radius 2 is 2.23 bits per heavy atom. The van der Waals surface area contributed by atoms with E-state index in [-0.39, 0.29) is 13.0 Å². The molecule has 7 nitrogen and oxygen atoms in total. The minimum absolute atomic E-state index is 0.183. The van der Waals surface area contributed by atoms with Crippen LogP contribution in [0.1, 0.15) is 25.0 Å². The molecule has 1 saturated heterocycles. The monoisotopic (exact) mass is 343 g/mol. The number of nitriles is 1. The fourth-order valence-electron chi connectivity index (χ4n) is 2.21. The van der Waals surface area contributed by atoms with E-state index < -0.39 is 10.2 Å². The van der Waals surface area contributed by atoms with E-state index >= 15 is 0 Å². The SMILES string of the molecule is CN(CCC#N)S(=O)(=O)NCCc1csc(N2CCCC2)n1. The summed E-state index contributed by atoms with van der Waals surface area (Å²) >= 11 is 1.61. The predicted octanol–water partition coefficient (Wildman–Crippen LogP) is 0.966. The van der Waals surface area contributed by atoms with Crippen LogP contribution in [0.4, 0.5) is 5.13 Å². The fraction of sp³-hybridized carbons (Fsp3) is 0.692. The average Bonchev–Trinajstić information content (AvgIpc) is 3.15. The number of thiazole rings is 1. The third kappa shape index (κ3) is 4.64. The summed E-state index contributed by atoms with van der Waals surface area (Å²) in [6.07, 6.45) is 3.17. The molecule has 0 atom stereocenters. The lowest BCUT2D eigenvalue weighted by Crippen LogP contribution is -2.39. The molecule has 1 N–H and O–H groups in total. The third-order valence-corrected chi connectivity index (χ3v) is 6.05. The first-order valence-corrected chi connectivity index (χ1v) is 9.62. The second kappa shape index (κ2) is 7.87. The molecule has 9 heteroatoms. The molecule has 0 unspecified atom stereocenters. The van der Waals surface area contributed by atoms with Crippen LogP contribution in [0.5, 0.6) is 0 Å². The van der Waals surface area contributed by atoms with Crippen molar-refractivity contribution in [2.24, 2.45) is 0 Å². The van der Waals surface area contributed by atoms with Crippen molar-refractivity contribution in [1.82, 2.24) is 14.0 Å². The number of nitrogens with zero attached hydrogens (tertiary/aromatic N) is 4. The average molecular weight is 343 g/mol. The van der Waals surface area contributed by atoms with Gasteiger partial charge < -0.3 is 4.90 Å². The minimum Gasteiger partial charge on any atom is -0.348 e. The van der Waals surface area contributed by atoms with Crippen LogP contribution in [0, 0.1) is 11.3 Å². The molecule has 122 valence electrons. The van der Waals surface area contributed by atoms with Gasteiger partial charge in [-0.05, 0) is 12.8 Å². The molecular formula is C13H21N5O2S2. The predicted molar refractivity (Wildman–Crippen MR) is 87.0 cm³/mol. The smallest absolute Gasteiger partial charge is 0.279 e. The van der Waals surface area contributed by atoms with Crippen molar-refractivity contribution in [2.75, 3.05) is 38.1 Å². The first kappa shape index (κ1) is 17.1. The Balaban J connectivity index is 1.79. The lowest BCUT2D eigenvalue weighted by molar-refractivity contribution is 0.464. The van der Waals surface area contributed by atoms with Gasteiger partial charge in [0.25, 0.3) is 10.2 Å². The Morgan fingerprint density at radius 3 is 2.91 bits per heavy atom. The lowest BCUT2D eigenvalue weighted by atomic mass is 10.3. The summed E-state index contributed by atoms with van der Waals surface area (Å²) < 4.78 is 27.5. The number of anilines is 1. The van der Waals surface area contributed by atoms with E-state index in [1.54, 1.807) is 11.3 Å². The zero-order valence-electron chi connectivity index (χ0n) is 12.7. The van der Waals surface area contributed by atoms with Crippen LogP contribution in [0.25, 0.3) is 0 Å². The van der Waals surface area contributed by atoms with Crippen LogP contribution in [0.2, 0.25) is 0 Å². The number of rotatable bonds is 8.